The van der Waals surface area contributed by atoms with Gasteiger partial charge in [-0.1, -0.05) is 30.3 Å². The van der Waals surface area contributed by atoms with E-state index in [1.54, 1.807) is 11.8 Å². The smallest absolute Gasteiger partial charge is 0.341 e. The summed E-state index contributed by atoms with van der Waals surface area (Å²) in [6.45, 7) is -0.333. The molecule has 0 atom stereocenters. The van der Waals surface area contributed by atoms with Gasteiger partial charge in [0.1, 0.15) is 5.75 Å². The standard InChI is InChI=1S/C23H17I3O3S/c24-17-5-1-3-15(11-17)20(16-4-2-6-18(25)12-16)9-10-30-19-7-8-22(21(26)13-19)29-14-23(27)28/h1-9,11-13H,10,14H2,(H,27,28). The lowest BCUT2D eigenvalue weighted by Gasteiger charge is -2.11. The van der Waals surface area contributed by atoms with Crippen molar-refractivity contribution < 1.29 is 14.6 Å². The Morgan fingerprint density at radius 2 is 1.57 bits per heavy atom. The third kappa shape index (κ3) is 7.13. The van der Waals surface area contributed by atoms with E-state index in [0.29, 0.717) is 5.75 Å². The minimum absolute atomic E-state index is 0.333. The van der Waals surface area contributed by atoms with E-state index in [2.05, 4.69) is 122 Å². The molecule has 0 heterocycles. The summed E-state index contributed by atoms with van der Waals surface area (Å²) < 4.78 is 8.62. The molecule has 0 aliphatic rings. The fraction of sp³-hybridized carbons (Fsp3) is 0.0870. The summed E-state index contributed by atoms with van der Waals surface area (Å²) in [6.07, 6.45) is 2.27. The van der Waals surface area contributed by atoms with Gasteiger partial charge in [-0.3, -0.25) is 0 Å². The first-order valence-corrected chi connectivity index (χ1v) is 13.1. The van der Waals surface area contributed by atoms with Crippen LogP contribution in [0.3, 0.4) is 0 Å². The number of hydrogen-bond donors (Lipinski definition) is 1. The lowest BCUT2D eigenvalue weighted by molar-refractivity contribution is -0.139. The molecule has 0 saturated heterocycles. The normalized spacial score (nSPS) is 10.5. The molecule has 0 radical (unpaired) electrons. The second-order valence-electron chi connectivity index (χ2n) is 6.22. The van der Waals surface area contributed by atoms with E-state index in [4.69, 9.17) is 9.84 Å². The van der Waals surface area contributed by atoms with Crippen LogP contribution in [-0.4, -0.2) is 23.4 Å². The third-order valence-electron chi connectivity index (χ3n) is 4.06. The average molecular weight is 754 g/mol. The van der Waals surface area contributed by atoms with Gasteiger partial charge in [-0.25, -0.2) is 4.79 Å². The van der Waals surface area contributed by atoms with Crippen LogP contribution in [0.25, 0.3) is 5.57 Å². The van der Waals surface area contributed by atoms with Gasteiger partial charge in [0.2, 0.25) is 0 Å². The van der Waals surface area contributed by atoms with Gasteiger partial charge >= 0.3 is 5.97 Å². The molecule has 3 rings (SSSR count). The van der Waals surface area contributed by atoms with Crippen LogP contribution in [0, 0.1) is 10.7 Å². The lowest BCUT2D eigenvalue weighted by atomic mass is 9.98. The topological polar surface area (TPSA) is 46.5 Å². The molecule has 3 nitrogen and oxygen atoms in total. The second kappa shape index (κ2) is 11.7. The molecule has 0 amide bonds. The summed E-state index contributed by atoms with van der Waals surface area (Å²) >= 11 is 8.60. The Kier molecular flexibility index (Phi) is 9.33. The molecule has 154 valence electrons. The minimum Gasteiger partial charge on any atom is -0.481 e. The van der Waals surface area contributed by atoms with Crippen LogP contribution < -0.4 is 4.74 Å². The number of aliphatic carboxylic acids is 1. The van der Waals surface area contributed by atoms with Crippen LogP contribution in [0.2, 0.25) is 0 Å². The van der Waals surface area contributed by atoms with Crippen LogP contribution in [-0.2, 0) is 4.79 Å². The van der Waals surface area contributed by atoms with Crippen LogP contribution in [0.5, 0.6) is 5.75 Å². The fourth-order valence-electron chi connectivity index (χ4n) is 2.76. The predicted molar refractivity (Wildman–Crippen MR) is 148 cm³/mol. The van der Waals surface area contributed by atoms with Gasteiger partial charge in [-0.05, 0) is 127 Å². The second-order valence-corrected chi connectivity index (χ2v) is 11.0. The van der Waals surface area contributed by atoms with Crippen molar-refractivity contribution in [1.82, 2.24) is 0 Å². The Bertz CT molecular complexity index is 1040. The lowest BCUT2D eigenvalue weighted by Crippen LogP contribution is -2.10. The fourth-order valence-corrected chi connectivity index (χ4v) is 5.54. The van der Waals surface area contributed by atoms with Gasteiger partial charge in [-0.15, -0.1) is 11.8 Å². The molecule has 3 aromatic rings. The number of thioether (sulfide) groups is 1. The van der Waals surface area contributed by atoms with Crippen LogP contribution >= 0.6 is 79.5 Å². The maximum atomic E-state index is 10.7. The Balaban J connectivity index is 1.79. The molecule has 0 aromatic heterocycles. The van der Waals surface area contributed by atoms with Crippen molar-refractivity contribution in [3.63, 3.8) is 0 Å². The number of ether oxygens (including phenoxy) is 1. The SMILES string of the molecule is O=C(O)COc1ccc(SCC=C(c2cccc(I)c2)c2cccc(I)c2)cc1I. The third-order valence-corrected chi connectivity index (χ3v) is 7.17. The van der Waals surface area contributed by atoms with Crippen molar-refractivity contribution in [2.75, 3.05) is 12.4 Å². The predicted octanol–water partition coefficient (Wildman–Crippen LogP) is 7.19. The van der Waals surface area contributed by atoms with E-state index in [1.807, 2.05) is 18.2 Å². The molecule has 0 fully saturated rings. The number of benzene rings is 3. The Hall–Kier alpha value is -0.790. The zero-order valence-electron chi connectivity index (χ0n) is 15.6. The maximum Gasteiger partial charge on any atom is 0.341 e. The summed E-state index contributed by atoms with van der Waals surface area (Å²) in [4.78, 5) is 11.8. The van der Waals surface area contributed by atoms with Crippen molar-refractivity contribution in [2.24, 2.45) is 0 Å². The van der Waals surface area contributed by atoms with E-state index in [1.165, 1.54) is 23.8 Å². The zero-order chi connectivity index (χ0) is 21.5. The van der Waals surface area contributed by atoms with Gasteiger partial charge in [0.15, 0.2) is 6.61 Å². The Morgan fingerprint density at radius 3 is 2.10 bits per heavy atom. The number of carbonyl (C=O) groups is 1. The molecule has 0 unspecified atom stereocenters. The molecule has 3 aromatic carbocycles. The molecule has 0 aliphatic carbocycles. The van der Waals surface area contributed by atoms with Crippen molar-refractivity contribution in [1.29, 1.82) is 0 Å². The first-order chi connectivity index (χ1) is 14.4. The van der Waals surface area contributed by atoms with Crippen molar-refractivity contribution >= 4 is 91.1 Å². The van der Waals surface area contributed by atoms with Crippen LogP contribution in [0.15, 0.2) is 77.7 Å². The van der Waals surface area contributed by atoms with E-state index in [-0.39, 0.29) is 6.61 Å². The highest BCUT2D eigenvalue weighted by atomic mass is 127. The molecule has 0 spiro atoms. The van der Waals surface area contributed by atoms with E-state index < -0.39 is 5.97 Å². The minimum atomic E-state index is -0.979. The Labute approximate surface area is 221 Å². The monoisotopic (exact) mass is 754 g/mol. The molecular formula is C23H17I3O3S. The molecule has 1 N–H and O–H groups in total. The van der Waals surface area contributed by atoms with Gasteiger partial charge < -0.3 is 9.84 Å². The number of hydrogen-bond acceptors (Lipinski definition) is 3. The van der Waals surface area contributed by atoms with Crippen LogP contribution in [0.1, 0.15) is 11.1 Å². The molecule has 30 heavy (non-hydrogen) atoms. The zero-order valence-corrected chi connectivity index (χ0v) is 22.9. The highest BCUT2D eigenvalue weighted by Gasteiger charge is 2.08. The van der Waals surface area contributed by atoms with Gasteiger partial charge in [-0.2, -0.15) is 0 Å². The summed E-state index contributed by atoms with van der Waals surface area (Å²) in [7, 11) is 0. The van der Waals surface area contributed by atoms with Crippen molar-refractivity contribution in [3.05, 3.63) is 94.6 Å². The molecular weight excluding hydrogens is 737 g/mol. The van der Waals surface area contributed by atoms with E-state index >= 15 is 0 Å². The molecule has 7 heteroatoms. The van der Waals surface area contributed by atoms with Gasteiger partial charge in [0.05, 0.1) is 3.57 Å². The Morgan fingerprint density at radius 1 is 0.933 bits per heavy atom. The van der Waals surface area contributed by atoms with Crippen molar-refractivity contribution in [3.8, 4) is 5.75 Å². The summed E-state index contributed by atoms with van der Waals surface area (Å²) in [5, 5.41) is 8.77. The quantitative estimate of drug-likeness (QED) is 0.196. The number of rotatable bonds is 8. The highest BCUT2D eigenvalue weighted by Crippen LogP contribution is 2.30. The number of halogens is 3. The first kappa shape index (κ1) is 23.9. The van der Waals surface area contributed by atoms with E-state index in [9.17, 15) is 4.79 Å². The maximum absolute atomic E-state index is 10.7. The molecule has 0 saturated carbocycles. The van der Waals surface area contributed by atoms with Gasteiger partial charge in [0.25, 0.3) is 0 Å². The summed E-state index contributed by atoms with van der Waals surface area (Å²) in [6, 6.07) is 22.9. The molecule has 0 aliphatic heterocycles. The number of carboxylic acids is 1. The first-order valence-electron chi connectivity index (χ1n) is 8.91. The largest absolute Gasteiger partial charge is 0.481 e. The van der Waals surface area contributed by atoms with Crippen molar-refractivity contribution in [2.45, 2.75) is 4.90 Å². The average Bonchev–Trinajstić information content (AvgIpc) is 2.70. The summed E-state index contributed by atoms with van der Waals surface area (Å²) in [5.74, 6) is 0.432. The molecule has 0 bridgehead atoms. The van der Waals surface area contributed by atoms with Gasteiger partial charge in [0, 0.05) is 17.8 Å². The highest BCUT2D eigenvalue weighted by molar-refractivity contribution is 14.1. The summed E-state index contributed by atoms with van der Waals surface area (Å²) in [5.41, 5.74) is 3.63. The number of carboxylic acid groups (broad SMARTS) is 1. The van der Waals surface area contributed by atoms with E-state index in [0.717, 1.165) is 14.2 Å². The van der Waals surface area contributed by atoms with Crippen LogP contribution in [0.4, 0.5) is 0 Å².